The van der Waals surface area contributed by atoms with Gasteiger partial charge in [0.1, 0.15) is 11.9 Å². The number of urea groups is 1. The van der Waals surface area contributed by atoms with E-state index in [9.17, 15) is 14.4 Å². The highest BCUT2D eigenvalue weighted by molar-refractivity contribution is 6.00. The maximum Gasteiger partial charge on any atom is 0.410 e. The van der Waals surface area contributed by atoms with Gasteiger partial charge in [0.25, 0.3) is 0 Å². The first-order valence-corrected chi connectivity index (χ1v) is 12.9. The number of hydrogen-bond donors (Lipinski definition) is 3. The third-order valence-electron chi connectivity index (χ3n) is 7.01. The van der Waals surface area contributed by atoms with E-state index in [0.717, 1.165) is 35.3 Å². The molecule has 0 atom stereocenters. The van der Waals surface area contributed by atoms with Gasteiger partial charge in [-0.05, 0) is 86.8 Å². The van der Waals surface area contributed by atoms with Crippen LogP contribution in [0.5, 0.6) is 5.75 Å². The predicted molar refractivity (Wildman–Crippen MR) is 140 cm³/mol. The fraction of sp³-hybridized carbons (Fsp3) is 0.464. The highest BCUT2D eigenvalue weighted by Gasteiger charge is 2.28. The van der Waals surface area contributed by atoms with Gasteiger partial charge in [-0.15, -0.1) is 0 Å². The molecule has 0 aromatic heterocycles. The maximum atomic E-state index is 12.7. The average Bonchev–Trinajstić information content (AvgIpc) is 2.86. The van der Waals surface area contributed by atoms with Crippen molar-refractivity contribution in [1.29, 1.82) is 0 Å². The second-order valence-electron chi connectivity index (χ2n) is 9.77. The number of amides is 3. The topological polar surface area (TPSA) is 117 Å². The lowest BCUT2D eigenvalue weighted by atomic mass is 9.85. The lowest BCUT2D eigenvalue weighted by Crippen LogP contribution is -2.39. The normalized spacial score (nSPS) is 18.9. The molecule has 9 nitrogen and oxygen atoms in total. The summed E-state index contributed by atoms with van der Waals surface area (Å²) >= 11 is 0. The molecule has 0 bridgehead atoms. The number of anilines is 2. The number of benzene rings is 2. The first-order chi connectivity index (χ1) is 17.8. The van der Waals surface area contributed by atoms with E-state index in [1.54, 1.807) is 11.0 Å². The highest BCUT2D eigenvalue weighted by Crippen LogP contribution is 2.30. The standard InChI is InChI=1S/C28H35N3O6/c1-3-36-25-16-23(8-4-18(25)2)30-27(34)29-22-9-7-21-17-31(13-12-20(21)15-22)28(35)37-24-10-5-19(6-11-24)14-26(32)33/h4,7-9,15-16,19,24H,3,5-6,10-14,17H2,1-2H3,(H,32,33)(H2,29,30,34)/t19-,24-. The Bertz CT molecular complexity index is 1140. The zero-order valence-electron chi connectivity index (χ0n) is 21.4. The van der Waals surface area contributed by atoms with Crippen LogP contribution in [0.2, 0.25) is 0 Å². The lowest BCUT2D eigenvalue weighted by Gasteiger charge is -2.32. The fourth-order valence-corrected chi connectivity index (χ4v) is 4.99. The Kier molecular flexibility index (Phi) is 8.53. The molecule has 0 spiro atoms. The van der Waals surface area contributed by atoms with Gasteiger partial charge >= 0.3 is 18.1 Å². The molecule has 1 saturated carbocycles. The van der Waals surface area contributed by atoms with Gasteiger partial charge in [-0.1, -0.05) is 12.1 Å². The fourth-order valence-electron chi connectivity index (χ4n) is 4.99. The van der Waals surface area contributed by atoms with E-state index >= 15 is 0 Å². The van der Waals surface area contributed by atoms with E-state index in [2.05, 4.69) is 10.6 Å². The van der Waals surface area contributed by atoms with Gasteiger partial charge < -0.3 is 30.1 Å². The van der Waals surface area contributed by atoms with Crippen molar-refractivity contribution >= 4 is 29.5 Å². The monoisotopic (exact) mass is 509 g/mol. The van der Waals surface area contributed by atoms with Crippen molar-refractivity contribution in [2.45, 2.75) is 65.0 Å². The summed E-state index contributed by atoms with van der Waals surface area (Å²) in [6, 6.07) is 10.9. The van der Waals surface area contributed by atoms with E-state index in [1.807, 2.05) is 44.2 Å². The number of nitrogens with one attached hydrogen (secondary N) is 2. The first-order valence-electron chi connectivity index (χ1n) is 12.9. The number of nitrogens with zero attached hydrogens (tertiary/aromatic N) is 1. The molecule has 1 fully saturated rings. The molecule has 3 N–H and O–H groups in total. The zero-order chi connectivity index (χ0) is 26.4. The average molecular weight is 510 g/mol. The minimum absolute atomic E-state index is 0.151. The van der Waals surface area contributed by atoms with Crippen LogP contribution in [0.3, 0.4) is 0 Å². The van der Waals surface area contributed by atoms with E-state index in [0.29, 0.717) is 50.3 Å². The van der Waals surface area contributed by atoms with Crippen molar-refractivity contribution in [3.8, 4) is 5.75 Å². The Hall–Kier alpha value is -3.75. The number of aryl methyl sites for hydroxylation is 1. The van der Waals surface area contributed by atoms with E-state index < -0.39 is 5.97 Å². The molecule has 4 rings (SSSR count). The SMILES string of the molecule is CCOc1cc(NC(=O)Nc2ccc3c(c2)CCN(C(=O)O[C@H]2CC[C@H](CC(=O)O)CC2)C3)ccc1C. The summed E-state index contributed by atoms with van der Waals surface area (Å²) < 4.78 is 11.3. The Morgan fingerprint density at radius 3 is 2.41 bits per heavy atom. The number of ether oxygens (including phenoxy) is 2. The Morgan fingerprint density at radius 1 is 1.00 bits per heavy atom. The number of rotatable bonds is 7. The molecule has 198 valence electrons. The van der Waals surface area contributed by atoms with E-state index in [4.69, 9.17) is 14.6 Å². The smallest absolute Gasteiger partial charge is 0.410 e. The van der Waals surface area contributed by atoms with Crippen molar-refractivity contribution in [2.75, 3.05) is 23.8 Å². The van der Waals surface area contributed by atoms with Crippen LogP contribution < -0.4 is 15.4 Å². The van der Waals surface area contributed by atoms with Crippen molar-refractivity contribution in [3.05, 3.63) is 53.1 Å². The van der Waals surface area contributed by atoms with Gasteiger partial charge in [-0.2, -0.15) is 0 Å². The molecule has 1 aliphatic heterocycles. The third-order valence-corrected chi connectivity index (χ3v) is 7.01. The lowest BCUT2D eigenvalue weighted by molar-refractivity contribution is -0.138. The van der Waals surface area contributed by atoms with E-state index in [1.165, 1.54) is 0 Å². The molecule has 3 amide bonds. The minimum atomic E-state index is -0.770. The van der Waals surface area contributed by atoms with Crippen LogP contribution in [-0.2, 0) is 22.5 Å². The van der Waals surface area contributed by atoms with Gasteiger partial charge in [-0.25, -0.2) is 9.59 Å². The molecule has 9 heteroatoms. The number of carboxylic acid groups (broad SMARTS) is 1. The predicted octanol–water partition coefficient (Wildman–Crippen LogP) is 5.57. The minimum Gasteiger partial charge on any atom is -0.494 e. The van der Waals surface area contributed by atoms with Crippen molar-refractivity contribution < 1.29 is 29.0 Å². The van der Waals surface area contributed by atoms with Gasteiger partial charge in [0.05, 0.1) is 6.61 Å². The van der Waals surface area contributed by atoms with Crippen LogP contribution in [0.4, 0.5) is 21.0 Å². The van der Waals surface area contributed by atoms with Crippen molar-refractivity contribution in [1.82, 2.24) is 4.90 Å². The summed E-state index contributed by atoms with van der Waals surface area (Å²) in [5.74, 6) is 0.139. The summed E-state index contributed by atoms with van der Waals surface area (Å²) in [4.78, 5) is 37.9. The number of carbonyl (C=O) groups excluding carboxylic acids is 2. The van der Waals surface area contributed by atoms with E-state index in [-0.39, 0.29) is 30.6 Å². The largest absolute Gasteiger partial charge is 0.494 e. The van der Waals surface area contributed by atoms with Gasteiger partial charge in [0.2, 0.25) is 0 Å². The third kappa shape index (κ3) is 7.15. The van der Waals surface area contributed by atoms with Gasteiger partial charge in [-0.3, -0.25) is 4.79 Å². The number of fused-ring (bicyclic) bond motifs is 1. The second-order valence-corrected chi connectivity index (χ2v) is 9.77. The van der Waals surface area contributed by atoms with Crippen molar-refractivity contribution in [3.63, 3.8) is 0 Å². The quantitative estimate of drug-likeness (QED) is 0.449. The molecule has 37 heavy (non-hydrogen) atoms. The molecule has 1 heterocycles. The molecule has 1 aliphatic carbocycles. The van der Waals surface area contributed by atoms with Crippen LogP contribution >= 0.6 is 0 Å². The van der Waals surface area contributed by atoms with Gasteiger partial charge in [0.15, 0.2) is 0 Å². The number of carboxylic acids is 1. The molecular weight excluding hydrogens is 474 g/mol. The van der Waals surface area contributed by atoms with Crippen molar-refractivity contribution in [2.24, 2.45) is 5.92 Å². The number of carbonyl (C=O) groups is 3. The summed E-state index contributed by atoms with van der Waals surface area (Å²) in [6.07, 6.45) is 3.34. The molecule has 2 aliphatic rings. The van der Waals surface area contributed by atoms with Crippen LogP contribution in [0.15, 0.2) is 36.4 Å². The van der Waals surface area contributed by atoms with Gasteiger partial charge in [0, 0.05) is 37.0 Å². The van der Waals surface area contributed by atoms with Crippen LogP contribution in [0.25, 0.3) is 0 Å². The zero-order valence-corrected chi connectivity index (χ0v) is 21.4. The Morgan fingerprint density at radius 2 is 1.70 bits per heavy atom. The molecule has 2 aromatic carbocycles. The Labute approximate surface area is 217 Å². The second kappa shape index (κ2) is 12.0. The summed E-state index contributed by atoms with van der Waals surface area (Å²) in [6.45, 7) is 5.42. The van der Waals surface area contributed by atoms with Crippen LogP contribution in [-0.4, -0.2) is 47.4 Å². The van der Waals surface area contributed by atoms with Crippen LogP contribution in [0, 0.1) is 12.8 Å². The number of hydrogen-bond acceptors (Lipinski definition) is 5. The Balaban J connectivity index is 1.28. The first kappa shape index (κ1) is 26.3. The summed E-state index contributed by atoms with van der Waals surface area (Å²) in [7, 11) is 0. The number of aliphatic carboxylic acids is 1. The summed E-state index contributed by atoms with van der Waals surface area (Å²) in [5.41, 5.74) is 4.45. The molecule has 0 radical (unpaired) electrons. The summed E-state index contributed by atoms with van der Waals surface area (Å²) in [5, 5.41) is 14.7. The molecule has 0 saturated heterocycles. The molecular formula is C28H35N3O6. The highest BCUT2D eigenvalue weighted by atomic mass is 16.6. The van der Waals surface area contributed by atoms with Crippen LogP contribution in [0.1, 0.15) is 55.7 Å². The maximum absolute atomic E-state index is 12.7. The molecule has 2 aromatic rings. The molecule has 0 unspecified atom stereocenters.